The lowest BCUT2D eigenvalue weighted by Gasteiger charge is -2.06. The highest BCUT2D eigenvalue weighted by Gasteiger charge is 2.15. The van der Waals surface area contributed by atoms with Gasteiger partial charge in [0.05, 0.1) is 16.8 Å². The summed E-state index contributed by atoms with van der Waals surface area (Å²) in [6, 6.07) is 9.44. The zero-order valence-electron chi connectivity index (χ0n) is 13.0. The normalized spacial score (nSPS) is 10.2. The minimum atomic E-state index is -2.62. The number of para-hydroxylation sites is 1. The zero-order chi connectivity index (χ0) is 18.4. The summed E-state index contributed by atoms with van der Waals surface area (Å²) in [5.41, 5.74) is 7.34. The van der Waals surface area contributed by atoms with Gasteiger partial charge in [0.25, 0.3) is 0 Å². The molecule has 2 heterocycles. The van der Waals surface area contributed by atoms with Gasteiger partial charge in [0.15, 0.2) is 21.8 Å². The molecule has 11 heteroatoms. The number of aromatic nitrogens is 3. The Kier molecular flexibility index (Phi) is 6.33. The van der Waals surface area contributed by atoms with Gasteiger partial charge in [-0.1, -0.05) is 29.5 Å². The molecule has 0 radical (unpaired) electrons. The Morgan fingerprint density at radius 3 is 2.40 bits per heavy atom. The van der Waals surface area contributed by atoms with Gasteiger partial charge in [0.1, 0.15) is 5.69 Å². The van der Waals surface area contributed by atoms with E-state index < -0.39 is 16.7 Å². The third-order valence-electron chi connectivity index (χ3n) is 2.80. The monoisotopic (exact) mass is 382 g/mol. The van der Waals surface area contributed by atoms with E-state index in [1.165, 1.54) is 11.3 Å². The van der Waals surface area contributed by atoms with Crippen LogP contribution in [0.3, 0.4) is 0 Å². The van der Waals surface area contributed by atoms with E-state index in [2.05, 4.69) is 25.4 Å². The molecule has 1 aromatic carbocycles. The molecule has 132 valence electrons. The number of hydrogen-bond acceptors (Lipinski definition) is 8. The number of nitrogen functional groups attached to an aromatic ring is 1. The molecule has 0 fully saturated rings. The summed E-state index contributed by atoms with van der Waals surface area (Å²) in [4.78, 5) is 12.9. The van der Waals surface area contributed by atoms with Gasteiger partial charge < -0.3 is 11.1 Å². The van der Waals surface area contributed by atoms with Crippen molar-refractivity contribution in [1.82, 2.24) is 15.0 Å². The average molecular weight is 382 g/mol. The Morgan fingerprint density at radius 1 is 1.20 bits per heavy atom. The summed E-state index contributed by atoms with van der Waals surface area (Å²) in [5.74, 6) is -0.177. The predicted molar refractivity (Wildman–Crippen MR) is 96.5 cm³/mol. The summed E-state index contributed by atoms with van der Waals surface area (Å²) in [6.07, 6.45) is 1.14. The maximum Gasteiger partial charge on any atom is 0.227 e. The minimum Gasteiger partial charge on any atom is -0.375 e. The molecule has 0 atom stereocenters. The number of nitrogens with one attached hydrogen (secondary N) is 1. The van der Waals surface area contributed by atoms with E-state index in [1.54, 1.807) is 6.92 Å². The molecule has 0 spiro atoms. The van der Waals surface area contributed by atoms with Gasteiger partial charge in [0.2, 0.25) is 5.95 Å². The first-order valence-corrected chi connectivity index (χ1v) is 8.90. The van der Waals surface area contributed by atoms with Crippen molar-refractivity contribution in [3.8, 4) is 10.6 Å². The van der Waals surface area contributed by atoms with Crippen LogP contribution in [0.15, 0.2) is 36.5 Å². The Hall–Kier alpha value is -2.63. The summed E-state index contributed by atoms with van der Waals surface area (Å²) in [5, 5.41) is 7.48. The number of thiol groups is 1. The molecule has 0 amide bonds. The van der Waals surface area contributed by atoms with Crippen LogP contribution in [0, 0.1) is 12.7 Å². The van der Waals surface area contributed by atoms with Gasteiger partial charge in [-0.2, -0.15) is 0 Å². The first kappa shape index (κ1) is 18.7. The molecule has 3 rings (SSSR count). The molecular formula is C14H15FN6O2S2. The largest absolute Gasteiger partial charge is 0.375 e. The number of hydrogen-bond donors (Lipinski definition) is 4. The Balaban J connectivity index is 0.000000511. The molecule has 25 heavy (non-hydrogen) atoms. The van der Waals surface area contributed by atoms with Crippen molar-refractivity contribution in [3.63, 3.8) is 0 Å². The molecule has 3 aromatic rings. The predicted octanol–water partition coefficient (Wildman–Crippen LogP) is 1.84. The average Bonchev–Trinajstić information content (AvgIpc) is 2.88. The summed E-state index contributed by atoms with van der Waals surface area (Å²) < 4.78 is 31.6. The van der Waals surface area contributed by atoms with Crippen molar-refractivity contribution >= 4 is 39.0 Å². The van der Waals surface area contributed by atoms with Crippen molar-refractivity contribution < 1.29 is 12.8 Å². The number of nitrogens with zero attached hydrogens (tertiary/aromatic N) is 3. The van der Waals surface area contributed by atoms with Crippen LogP contribution in [0.5, 0.6) is 0 Å². The number of aryl methyl sites for hydroxylation is 1. The van der Waals surface area contributed by atoms with Gasteiger partial charge in [-0.15, -0.1) is 0 Å². The van der Waals surface area contributed by atoms with Gasteiger partial charge in [-0.25, -0.2) is 32.9 Å². The lowest BCUT2D eigenvalue weighted by atomic mass is 10.3. The number of nitrogens with two attached hydrogens (primary N) is 2. The van der Waals surface area contributed by atoms with E-state index >= 15 is 0 Å². The lowest BCUT2D eigenvalue weighted by Crippen LogP contribution is -2.00. The van der Waals surface area contributed by atoms with Crippen molar-refractivity contribution in [2.75, 3.05) is 11.1 Å². The van der Waals surface area contributed by atoms with E-state index in [0.717, 1.165) is 11.9 Å². The molecule has 2 aromatic heterocycles. The summed E-state index contributed by atoms with van der Waals surface area (Å²) in [6.45, 7) is 1.77. The van der Waals surface area contributed by atoms with Crippen LogP contribution in [-0.4, -0.2) is 23.4 Å². The van der Waals surface area contributed by atoms with Gasteiger partial charge in [0, 0.05) is 5.69 Å². The Morgan fingerprint density at radius 2 is 1.84 bits per heavy atom. The van der Waals surface area contributed by atoms with E-state index in [0.29, 0.717) is 21.7 Å². The second kappa shape index (κ2) is 8.46. The topological polar surface area (TPSA) is 137 Å². The highest BCUT2D eigenvalue weighted by Crippen LogP contribution is 2.32. The Bertz CT molecular complexity index is 922. The SMILES string of the molecule is Cc1nc(N)sc1-c1nc(Nc2ccccc2)ncc1F.N[SH](=O)=O. The third-order valence-corrected chi connectivity index (χ3v) is 3.80. The van der Waals surface area contributed by atoms with Crippen molar-refractivity contribution in [2.45, 2.75) is 6.92 Å². The molecule has 0 saturated heterocycles. The number of rotatable bonds is 3. The molecule has 0 aliphatic heterocycles. The molecular weight excluding hydrogens is 367 g/mol. The second-order valence-corrected chi connectivity index (χ2v) is 6.23. The van der Waals surface area contributed by atoms with E-state index in [-0.39, 0.29) is 5.69 Å². The van der Waals surface area contributed by atoms with Crippen LogP contribution >= 0.6 is 11.3 Å². The maximum absolute atomic E-state index is 14.0. The molecule has 0 aliphatic rings. The van der Waals surface area contributed by atoms with Crippen LogP contribution in [0.4, 0.5) is 21.2 Å². The van der Waals surface area contributed by atoms with Crippen LogP contribution < -0.4 is 16.2 Å². The third kappa shape index (κ3) is 5.45. The molecule has 0 bridgehead atoms. The Labute approximate surface area is 148 Å². The van der Waals surface area contributed by atoms with Crippen LogP contribution in [0.2, 0.25) is 0 Å². The number of anilines is 3. The standard InChI is InChI=1S/C14H12FN5S.H3NO2S/c1-8-12(21-13(16)18-8)11-10(15)7-17-14(20-11)19-9-5-3-2-4-6-9;1-4(2)3/h2-7H,1H3,(H2,16,18)(H,17,19,20);4H,(H2,1,2,3). The van der Waals surface area contributed by atoms with E-state index in [9.17, 15) is 4.39 Å². The molecule has 0 unspecified atom stereocenters. The number of thiazole rings is 1. The maximum atomic E-state index is 14.0. The summed E-state index contributed by atoms with van der Waals surface area (Å²) >= 11 is 1.21. The van der Waals surface area contributed by atoms with Crippen molar-refractivity contribution in [1.29, 1.82) is 0 Å². The van der Waals surface area contributed by atoms with E-state index in [1.807, 2.05) is 30.3 Å². The van der Waals surface area contributed by atoms with Crippen LogP contribution in [0.25, 0.3) is 10.6 Å². The molecule has 5 N–H and O–H groups in total. The van der Waals surface area contributed by atoms with Crippen LogP contribution in [-0.2, 0) is 10.9 Å². The lowest BCUT2D eigenvalue weighted by molar-refractivity contribution is 0.616. The fraction of sp³-hybridized carbons (Fsp3) is 0.0714. The highest BCUT2D eigenvalue weighted by molar-refractivity contribution is 7.69. The molecule has 8 nitrogen and oxygen atoms in total. The highest BCUT2D eigenvalue weighted by atomic mass is 32.2. The van der Waals surface area contributed by atoms with Crippen molar-refractivity contribution in [3.05, 3.63) is 48.0 Å². The first-order valence-electron chi connectivity index (χ1n) is 6.83. The van der Waals surface area contributed by atoms with Gasteiger partial charge in [-0.3, -0.25) is 0 Å². The van der Waals surface area contributed by atoms with Gasteiger partial charge in [-0.05, 0) is 19.1 Å². The summed E-state index contributed by atoms with van der Waals surface area (Å²) in [7, 11) is -2.62. The fourth-order valence-corrected chi connectivity index (χ4v) is 2.70. The molecule has 0 saturated carbocycles. The number of halogens is 1. The van der Waals surface area contributed by atoms with Crippen LogP contribution in [0.1, 0.15) is 5.69 Å². The first-order chi connectivity index (χ1) is 11.9. The van der Waals surface area contributed by atoms with Crippen molar-refractivity contribution in [2.24, 2.45) is 5.14 Å². The number of benzene rings is 1. The van der Waals surface area contributed by atoms with E-state index in [4.69, 9.17) is 14.2 Å². The second-order valence-electron chi connectivity index (χ2n) is 4.63. The van der Waals surface area contributed by atoms with Gasteiger partial charge >= 0.3 is 0 Å². The quantitative estimate of drug-likeness (QED) is 0.507. The molecule has 0 aliphatic carbocycles. The zero-order valence-corrected chi connectivity index (χ0v) is 14.7. The smallest absolute Gasteiger partial charge is 0.227 e. The fourth-order valence-electron chi connectivity index (χ4n) is 1.87. The minimum absolute atomic E-state index is 0.204.